The van der Waals surface area contributed by atoms with Crippen molar-refractivity contribution >= 4 is 75.1 Å². The quantitative estimate of drug-likeness (QED) is 0.153. The lowest BCUT2D eigenvalue weighted by atomic mass is 10.0. The third-order valence-corrected chi connectivity index (χ3v) is 14.4. The summed E-state index contributed by atoms with van der Waals surface area (Å²) in [6.45, 7) is 4.45. The van der Waals surface area contributed by atoms with Crippen LogP contribution in [0.5, 0.6) is 0 Å². The van der Waals surface area contributed by atoms with Gasteiger partial charge in [0.05, 0.1) is 27.8 Å². The maximum Gasteiger partial charge on any atom is 0.164 e. The molecule has 67 heavy (non-hydrogen) atoms. The Hall–Kier alpha value is -8.26. The standard InChI is InChI=1S/C60H42N6S/c1-3-37-25-30-51-47(33-37)45-28-29-46-48-34-38(4-2)26-31-52(48)66(55-24-14-22-50(61-55)41-27-32-54-49(36-41)44-21-11-12-23-53(44)67-54)57(46)56(45)65(51)43-20-13-19-42(35-43)60-63-58(39-15-7-5-8-16-39)62-59(64-60)40-17-9-6-10-18-40/h5-36H,3-4H2,1-2H3. The summed E-state index contributed by atoms with van der Waals surface area (Å²) in [6, 6.07) is 69.4. The minimum atomic E-state index is 0.615. The molecule has 0 fully saturated rings. The van der Waals surface area contributed by atoms with Gasteiger partial charge in [0, 0.05) is 69.7 Å². The molecule has 13 rings (SSSR count). The number of fused-ring (bicyclic) bond motifs is 10. The largest absolute Gasteiger partial charge is 0.307 e. The number of hydrogen-bond acceptors (Lipinski definition) is 5. The van der Waals surface area contributed by atoms with Crippen molar-refractivity contribution in [3.05, 3.63) is 205 Å². The summed E-state index contributed by atoms with van der Waals surface area (Å²) < 4.78 is 7.43. The van der Waals surface area contributed by atoms with E-state index < -0.39 is 0 Å². The predicted octanol–water partition coefficient (Wildman–Crippen LogP) is 15.6. The first kappa shape index (κ1) is 39.1. The Morgan fingerprint density at radius 2 is 0.940 bits per heavy atom. The number of nitrogens with zero attached hydrogens (tertiary/aromatic N) is 6. The van der Waals surface area contributed by atoms with E-state index in [1.54, 1.807) is 0 Å². The van der Waals surface area contributed by atoms with Gasteiger partial charge in [-0.15, -0.1) is 11.3 Å². The Morgan fingerprint density at radius 3 is 1.61 bits per heavy atom. The molecule has 7 heteroatoms. The van der Waals surface area contributed by atoms with Crippen molar-refractivity contribution < 1.29 is 0 Å². The number of benzene rings is 8. The molecule has 8 aromatic carbocycles. The number of rotatable bonds is 8. The zero-order valence-electron chi connectivity index (χ0n) is 37.0. The van der Waals surface area contributed by atoms with Gasteiger partial charge in [-0.05, 0) is 90.7 Å². The average molecular weight is 879 g/mol. The predicted molar refractivity (Wildman–Crippen MR) is 280 cm³/mol. The molecule has 0 aliphatic rings. The van der Waals surface area contributed by atoms with Crippen LogP contribution in [0.4, 0.5) is 0 Å². The van der Waals surface area contributed by atoms with Crippen LogP contribution in [0.3, 0.4) is 0 Å². The van der Waals surface area contributed by atoms with Crippen molar-refractivity contribution in [1.82, 2.24) is 29.1 Å². The highest BCUT2D eigenvalue weighted by Gasteiger charge is 2.23. The van der Waals surface area contributed by atoms with E-state index in [4.69, 9.17) is 19.9 Å². The van der Waals surface area contributed by atoms with Crippen LogP contribution >= 0.6 is 11.3 Å². The van der Waals surface area contributed by atoms with Gasteiger partial charge in [0.1, 0.15) is 5.82 Å². The number of aryl methyl sites for hydroxylation is 2. The molecule has 5 aromatic heterocycles. The topological polar surface area (TPSA) is 61.4 Å². The van der Waals surface area contributed by atoms with E-state index in [-0.39, 0.29) is 0 Å². The molecule has 13 aromatic rings. The number of hydrogen-bond donors (Lipinski definition) is 0. The van der Waals surface area contributed by atoms with Crippen molar-refractivity contribution in [1.29, 1.82) is 0 Å². The first-order chi connectivity index (χ1) is 33.1. The number of thiophene rings is 1. The zero-order chi connectivity index (χ0) is 44.6. The van der Waals surface area contributed by atoms with Crippen LogP contribution in [-0.4, -0.2) is 29.1 Å². The van der Waals surface area contributed by atoms with E-state index in [0.29, 0.717) is 17.5 Å². The van der Waals surface area contributed by atoms with E-state index in [1.165, 1.54) is 52.8 Å². The van der Waals surface area contributed by atoms with Crippen LogP contribution in [0.25, 0.3) is 121 Å². The zero-order valence-corrected chi connectivity index (χ0v) is 37.8. The summed E-state index contributed by atoms with van der Waals surface area (Å²) in [7, 11) is 0. The van der Waals surface area contributed by atoms with Crippen molar-refractivity contribution in [2.45, 2.75) is 26.7 Å². The van der Waals surface area contributed by atoms with Gasteiger partial charge >= 0.3 is 0 Å². The molecular formula is C60H42N6S. The van der Waals surface area contributed by atoms with Crippen molar-refractivity contribution in [2.75, 3.05) is 0 Å². The van der Waals surface area contributed by atoms with Crippen LogP contribution in [0.15, 0.2) is 194 Å². The van der Waals surface area contributed by atoms with Crippen LogP contribution < -0.4 is 0 Å². The third kappa shape index (κ3) is 6.45. The van der Waals surface area contributed by atoms with Gasteiger partial charge in [0.15, 0.2) is 17.5 Å². The molecule has 0 N–H and O–H groups in total. The molecule has 0 aliphatic heterocycles. The van der Waals surface area contributed by atoms with E-state index in [0.717, 1.165) is 74.4 Å². The summed E-state index contributed by atoms with van der Waals surface area (Å²) in [5.41, 5.74) is 12.9. The van der Waals surface area contributed by atoms with Gasteiger partial charge in [0.2, 0.25) is 0 Å². The average Bonchev–Trinajstić information content (AvgIpc) is 4.06. The molecule has 0 spiro atoms. The van der Waals surface area contributed by atoms with E-state index in [1.807, 2.05) is 47.7 Å². The van der Waals surface area contributed by atoms with E-state index >= 15 is 0 Å². The first-order valence-corrected chi connectivity index (χ1v) is 23.8. The Kier molecular flexibility index (Phi) is 9.18. The normalized spacial score (nSPS) is 11.9. The SMILES string of the molecule is CCc1ccc2c(c1)c1ccc3c4cc(CC)ccc4n(-c4cccc(-c5ccc6sc7ccccc7c6c5)n4)c3c1n2-c1cccc(-c2nc(-c3ccccc3)nc(-c3ccccc3)n2)c1. The summed E-state index contributed by atoms with van der Waals surface area (Å²) in [4.78, 5) is 20.8. The Bertz CT molecular complexity index is 4010. The van der Waals surface area contributed by atoms with Crippen molar-refractivity contribution in [3.8, 4) is 56.9 Å². The highest BCUT2D eigenvalue weighted by molar-refractivity contribution is 7.25. The maximum absolute atomic E-state index is 5.54. The van der Waals surface area contributed by atoms with Crippen molar-refractivity contribution in [3.63, 3.8) is 0 Å². The lowest BCUT2D eigenvalue weighted by Gasteiger charge is -2.14. The van der Waals surface area contributed by atoms with Crippen LogP contribution in [0, 0.1) is 0 Å². The second-order valence-electron chi connectivity index (χ2n) is 17.2. The monoisotopic (exact) mass is 878 g/mol. The fourth-order valence-corrected chi connectivity index (χ4v) is 11.0. The minimum Gasteiger partial charge on any atom is -0.307 e. The molecule has 318 valence electrons. The Labute approximate surface area is 391 Å². The molecule has 0 aliphatic carbocycles. The van der Waals surface area contributed by atoms with Crippen molar-refractivity contribution in [2.24, 2.45) is 0 Å². The Balaban J connectivity index is 1.07. The number of aromatic nitrogens is 6. The van der Waals surface area contributed by atoms with Gasteiger partial charge < -0.3 is 4.57 Å². The fourth-order valence-electron chi connectivity index (χ4n) is 9.96. The minimum absolute atomic E-state index is 0.615. The lowest BCUT2D eigenvalue weighted by molar-refractivity contribution is 1.07. The van der Waals surface area contributed by atoms with E-state index in [9.17, 15) is 0 Å². The molecule has 6 nitrogen and oxygen atoms in total. The van der Waals surface area contributed by atoms with Gasteiger partial charge in [-0.25, -0.2) is 19.9 Å². The molecule has 0 unspecified atom stereocenters. The fraction of sp³-hybridized carbons (Fsp3) is 0.0667. The smallest absolute Gasteiger partial charge is 0.164 e. The summed E-state index contributed by atoms with van der Waals surface area (Å²) in [5, 5.41) is 7.34. The summed E-state index contributed by atoms with van der Waals surface area (Å²) in [6.07, 6.45) is 1.89. The summed E-state index contributed by atoms with van der Waals surface area (Å²) >= 11 is 1.84. The lowest BCUT2D eigenvalue weighted by Crippen LogP contribution is -2.02. The van der Waals surface area contributed by atoms with Gasteiger partial charge in [0.25, 0.3) is 0 Å². The highest BCUT2D eigenvalue weighted by atomic mass is 32.1. The molecule has 5 heterocycles. The van der Waals surface area contributed by atoms with E-state index in [2.05, 4.69) is 181 Å². The van der Waals surface area contributed by atoms with Crippen LogP contribution in [0.1, 0.15) is 25.0 Å². The molecule has 0 bridgehead atoms. The molecule has 0 radical (unpaired) electrons. The molecule has 0 saturated heterocycles. The molecule has 0 saturated carbocycles. The third-order valence-electron chi connectivity index (χ3n) is 13.3. The van der Waals surface area contributed by atoms with Gasteiger partial charge in [-0.1, -0.05) is 141 Å². The Morgan fingerprint density at radius 1 is 0.373 bits per heavy atom. The maximum atomic E-state index is 5.54. The highest BCUT2D eigenvalue weighted by Crippen LogP contribution is 2.43. The molecular weight excluding hydrogens is 837 g/mol. The second kappa shape index (κ2) is 15.7. The number of pyridine rings is 1. The first-order valence-electron chi connectivity index (χ1n) is 23.0. The molecule has 0 atom stereocenters. The van der Waals surface area contributed by atoms with Gasteiger partial charge in [-0.2, -0.15) is 0 Å². The molecule has 0 amide bonds. The van der Waals surface area contributed by atoms with Crippen LogP contribution in [0.2, 0.25) is 0 Å². The second-order valence-corrected chi connectivity index (χ2v) is 18.3. The summed E-state index contributed by atoms with van der Waals surface area (Å²) in [5.74, 6) is 2.76. The van der Waals surface area contributed by atoms with Gasteiger partial charge in [-0.3, -0.25) is 4.57 Å². The van der Waals surface area contributed by atoms with Crippen LogP contribution in [-0.2, 0) is 12.8 Å².